The summed E-state index contributed by atoms with van der Waals surface area (Å²) in [6.45, 7) is 0. The van der Waals surface area contributed by atoms with E-state index in [0.29, 0.717) is 16.2 Å². The van der Waals surface area contributed by atoms with E-state index in [4.69, 9.17) is 0 Å². The van der Waals surface area contributed by atoms with Crippen LogP contribution >= 0.6 is 11.8 Å². The van der Waals surface area contributed by atoms with Gasteiger partial charge in [0.05, 0.1) is 23.7 Å². The van der Waals surface area contributed by atoms with Gasteiger partial charge < -0.3 is 9.88 Å². The number of nitrogens with one attached hydrogen (secondary N) is 1. The van der Waals surface area contributed by atoms with Crippen molar-refractivity contribution >= 4 is 28.7 Å². The molecule has 1 amide bonds. The van der Waals surface area contributed by atoms with Gasteiger partial charge in [0.2, 0.25) is 5.91 Å². The second-order valence-electron chi connectivity index (χ2n) is 7.90. The molecule has 0 aliphatic heterocycles. The van der Waals surface area contributed by atoms with E-state index in [2.05, 4.69) is 33.3 Å². The molecule has 1 N–H and O–H groups in total. The van der Waals surface area contributed by atoms with Crippen molar-refractivity contribution in [3.63, 3.8) is 0 Å². The summed E-state index contributed by atoms with van der Waals surface area (Å²) in [5, 5.41) is 5.15. The number of aromatic nitrogens is 4. The minimum Gasteiger partial charge on any atom is -0.338 e. The minimum absolute atomic E-state index is 0.0102. The number of benzene rings is 2. The summed E-state index contributed by atoms with van der Waals surface area (Å²) in [6.07, 6.45) is 4.61. The van der Waals surface area contributed by atoms with Gasteiger partial charge in [0.25, 0.3) is 5.56 Å². The van der Waals surface area contributed by atoms with Crippen LogP contribution in [0.1, 0.15) is 30.0 Å². The second kappa shape index (κ2) is 8.63. The molecule has 2 aromatic heterocycles. The lowest BCUT2D eigenvalue weighted by Gasteiger charge is -2.33. The average Bonchev–Trinajstić information content (AvgIpc) is 3.27. The number of amides is 1. The highest BCUT2D eigenvalue weighted by Crippen LogP contribution is 2.33. The molecule has 8 heteroatoms. The number of hydrogen-bond donors (Lipinski definition) is 1. The Hall–Kier alpha value is -3.39. The summed E-state index contributed by atoms with van der Waals surface area (Å²) in [4.78, 5) is 34.7. The Morgan fingerprint density at radius 1 is 1.19 bits per heavy atom. The Kier molecular flexibility index (Phi) is 5.53. The number of para-hydroxylation sites is 1. The quantitative estimate of drug-likeness (QED) is 0.374. The summed E-state index contributed by atoms with van der Waals surface area (Å²) < 4.78 is 1.64. The van der Waals surface area contributed by atoms with Crippen LogP contribution in [0.4, 0.5) is 0 Å². The first-order valence-corrected chi connectivity index (χ1v) is 11.6. The molecule has 2 heterocycles. The van der Waals surface area contributed by atoms with E-state index in [1.807, 2.05) is 48.3 Å². The number of rotatable bonds is 5. The molecule has 1 atom stereocenters. The van der Waals surface area contributed by atoms with Crippen LogP contribution in [0.3, 0.4) is 0 Å². The third-order valence-corrected chi connectivity index (χ3v) is 6.81. The van der Waals surface area contributed by atoms with Crippen molar-refractivity contribution in [3.8, 4) is 5.69 Å². The zero-order valence-electron chi connectivity index (χ0n) is 17.7. The Morgan fingerprint density at radius 2 is 1.97 bits per heavy atom. The van der Waals surface area contributed by atoms with E-state index < -0.39 is 0 Å². The number of aromatic amines is 1. The van der Waals surface area contributed by atoms with Gasteiger partial charge in [-0.25, -0.2) is 9.67 Å². The Balaban J connectivity index is 1.35. The van der Waals surface area contributed by atoms with Crippen LogP contribution < -0.4 is 5.56 Å². The SMILES string of the molecule is CN(C(=O)CSc1nc2c(cnn2-c2ccccc2)c(=O)[nH]1)C1CCCc2ccccc21. The monoisotopic (exact) mass is 445 g/mol. The molecular formula is C24H23N5O2S. The van der Waals surface area contributed by atoms with Crippen LogP contribution in [0.25, 0.3) is 16.7 Å². The number of H-pyrrole nitrogens is 1. The van der Waals surface area contributed by atoms with Crippen molar-refractivity contribution < 1.29 is 4.79 Å². The van der Waals surface area contributed by atoms with E-state index in [0.717, 1.165) is 24.9 Å². The predicted octanol–water partition coefficient (Wildman–Crippen LogP) is 3.74. The highest BCUT2D eigenvalue weighted by Gasteiger charge is 2.26. The van der Waals surface area contributed by atoms with E-state index in [1.54, 1.807) is 4.68 Å². The second-order valence-corrected chi connectivity index (χ2v) is 8.86. The van der Waals surface area contributed by atoms with Crippen molar-refractivity contribution in [1.82, 2.24) is 24.6 Å². The summed E-state index contributed by atoms with van der Waals surface area (Å²) in [7, 11) is 1.86. The highest BCUT2D eigenvalue weighted by atomic mass is 32.2. The maximum atomic E-state index is 13.0. The largest absolute Gasteiger partial charge is 0.338 e. The fraction of sp³-hybridized carbons (Fsp3) is 0.250. The molecule has 32 heavy (non-hydrogen) atoms. The molecular weight excluding hydrogens is 422 g/mol. The van der Waals surface area contributed by atoms with Crippen molar-refractivity contribution in [2.45, 2.75) is 30.5 Å². The van der Waals surface area contributed by atoms with Crippen molar-refractivity contribution in [3.05, 3.63) is 82.3 Å². The predicted molar refractivity (Wildman–Crippen MR) is 125 cm³/mol. The molecule has 162 valence electrons. The van der Waals surface area contributed by atoms with Gasteiger partial charge in [0.15, 0.2) is 10.8 Å². The fourth-order valence-electron chi connectivity index (χ4n) is 4.26. The molecule has 0 radical (unpaired) electrons. The average molecular weight is 446 g/mol. The Labute approximate surface area is 189 Å². The smallest absolute Gasteiger partial charge is 0.262 e. The molecule has 0 saturated carbocycles. The van der Waals surface area contributed by atoms with Crippen LogP contribution in [-0.4, -0.2) is 43.4 Å². The zero-order valence-corrected chi connectivity index (χ0v) is 18.5. The molecule has 4 aromatic rings. The molecule has 1 aliphatic rings. The number of hydrogen-bond acceptors (Lipinski definition) is 5. The molecule has 0 fully saturated rings. The molecule has 0 bridgehead atoms. The summed E-state index contributed by atoms with van der Waals surface area (Å²) in [5.41, 5.74) is 3.59. The highest BCUT2D eigenvalue weighted by molar-refractivity contribution is 7.99. The van der Waals surface area contributed by atoms with Crippen molar-refractivity contribution in [1.29, 1.82) is 0 Å². The standard InChI is InChI=1S/C24H23N5O2S/c1-28(20-13-7-9-16-8-5-6-12-18(16)20)21(30)15-32-24-26-22-19(23(31)27-24)14-25-29(22)17-10-3-2-4-11-17/h2-6,8,10-12,14,20H,7,9,13,15H2,1H3,(H,26,27,31). The molecule has 1 unspecified atom stereocenters. The van der Waals surface area contributed by atoms with Gasteiger partial charge in [-0.05, 0) is 42.5 Å². The number of carbonyl (C=O) groups is 1. The number of thioether (sulfide) groups is 1. The van der Waals surface area contributed by atoms with Crippen LogP contribution in [0, 0.1) is 0 Å². The molecule has 7 nitrogen and oxygen atoms in total. The molecule has 1 aliphatic carbocycles. The van der Waals surface area contributed by atoms with Crippen LogP contribution in [0.2, 0.25) is 0 Å². The van der Waals surface area contributed by atoms with E-state index in [-0.39, 0.29) is 23.3 Å². The zero-order chi connectivity index (χ0) is 22.1. The summed E-state index contributed by atoms with van der Waals surface area (Å²) in [6, 6.07) is 18.0. The van der Waals surface area contributed by atoms with Crippen molar-refractivity contribution in [2.24, 2.45) is 0 Å². The van der Waals surface area contributed by atoms with Crippen LogP contribution in [0.5, 0.6) is 0 Å². The molecule has 5 rings (SSSR count). The first-order chi connectivity index (χ1) is 15.6. The van der Waals surface area contributed by atoms with Gasteiger partial charge in [0.1, 0.15) is 5.39 Å². The topological polar surface area (TPSA) is 83.9 Å². The van der Waals surface area contributed by atoms with Gasteiger partial charge in [-0.2, -0.15) is 5.10 Å². The van der Waals surface area contributed by atoms with Gasteiger partial charge >= 0.3 is 0 Å². The van der Waals surface area contributed by atoms with Crippen molar-refractivity contribution in [2.75, 3.05) is 12.8 Å². The fourth-order valence-corrected chi connectivity index (χ4v) is 5.04. The van der Waals surface area contributed by atoms with Gasteiger partial charge in [0, 0.05) is 7.05 Å². The van der Waals surface area contributed by atoms with Gasteiger partial charge in [-0.3, -0.25) is 9.59 Å². The Bertz CT molecular complexity index is 1330. The summed E-state index contributed by atoms with van der Waals surface area (Å²) in [5.74, 6) is 0.208. The van der Waals surface area contributed by atoms with Crippen LogP contribution in [-0.2, 0) is 11.2 Å². The molecule has 0 spiro atoms. The van der Waals surface area contributed by atoms with Crippen LogP contribution in [0.15, 0.2) is 70.7 Å². The lowest BCUT2D eigenvalue weighted by molar-refractivity contribution is -0.129. The number of carbonyl (C=O) groups excluding carboxylic acids is 1. The summed E-state index contributed by atoms with van der Waals surface area (Å²) >= 11 is 1.24. The minimum atomic E-state index is -0.262. The van der Waals surface area contributed by atoms with Gasteiger partial charge in [-0.1, -0.05) is 54.2 Å². The van der Waals surface area contributed by atoms with E-state index in [9.17, 15) is 9.59 Å². The number of fused-ring (bicyclic) bond motifs is 2. The first-order valence-electron chi connectivity index (χ1n) is 10.6. The number of nitrogens with zero attached hydrogens (tertiary/aromatic N) is 4. The maximum absolute atomic E-state index is 13.0. The molecule has 0 saturated heterocycles. The molecule has 2 aromatic carbocycles. The normalized spacial score (nSPS) is 15.5. The lowest BCUT2D eigenvalue weighted by Crippen LogP contribution is -2.34. The van der Waals surface area contributed by atoms with E-state index >= 15 is 0 Å². The van der Waals surface area contributed by atoms with Gasteiger partial charge in [-0.15, -0.1) is 0 Å². The third kappa shape index (κ3) is 3.82. The third-order valence-electron chi connectivity index (χ3n) is 5.95. The van der Waals surface area contributed by atoms with E-state index in [1.165, 1.54) is 29.1 Å². The lowest BCUT2D eigenvalue weighted by atomic mass is 9.87. The first kappa shape index (κ1) is 20.5. The number of aryl methyl sites for hydroxylation is 1. The Morgan fingerprint density at radius 3 is 2.81 bits per heavy atom. The maximum Gasteiger partial charge on any atom is 0.262 e.